The Hall–Kier alpha value is -2.39. The molecule has 2 aliphatic heterocycles. The van der Waals surface area contributed by atoms with Gasteiger partial charge in [-0.1, -0.05) is 13.0 Å². The highest BCUT2D eigenvalue weighted by Gasteiger charge is 2.39. The Labute approximate surface area is 148 Å². The summed E-state index contributed by atoms with van der Waals surface area (Å²) in [6.07, 6.45) is 3.09. The van der Waals surface area contributed by atoms with Crippen LogP contribution in [0.3, 0.4) is 0 Å². The molecule has 0 aliphatic carbocycles. The molecule has 2 fully saturated rings. The van der Waals surface area contributed by atoms with Crippen LogP contribution in [0.1, 0.15) is 37.3 Å². The summed E-state index contributed by atoms with van der Waals surface area (Å²) in [5.74, 6) is -1.09. The summed E-state index contributed by atoms with van der Waals surface area (Å²) in [6, 6.07) is 7.58. The molecule has 0 spiro atoms. The van der Waals surface area contributed by atoms with Crippen molar-refractivity contribution in [3.05, 3.63) is 29.3 Å². The van der Waals surface area contributed by atoms with E-state index in [-0.39, 0.29) is 6.04 Å². The van der Waals surface area contributed by atoms with Gasteiger partial charge in [0.2, 0.25) is 0 Å². The van der Waals surface area contributed by atoms with Crippen LogP contribution < -0.4 is 5.32 Å². The molecule has 0 saturated carbocycles. The number of anilines is 1. The van der Waals surface area contributed by atoms with Crippen molar-refractivity contribution >= 4 is 17.5 Å². The van der Waals surface area contributed by atoms with Crippen LogP contribution in [0, 0.1) is 18.3 Å². The molecule has 25 heavy (non-hydrogen) atoms. The number of nitrogens with one attached hydrogen (secondary N) is 1. The van der Waals surface area contributed by atoms with Crippen molar-refractivity contribution in [1.82, 2.24) is 9.80 Å². The van der Waals surface area contributed by atoms with E-state index in [2.05, 4.69) is 17.1 Å². The predicted molar refractivity (Wildman–Crippen MR) is 94.9 cm³/mol. The minimum Gasteiger partial charge on any atom is -0.329 e. The fraction of sp³-hybridized carbons (Fsp3) is 0.526. The Kier molecular flexibility index (Phi) is 5.05. The summed E-state index contributed by atoms with van der Waals surface area (Å²) in [5.41, 5.74) is 1.80. The molecular weight excluding hydrogens is 316 g/mol. The maximum absolute atomic E-state index is 12.8. The van der Waals surface area contributed by atoms with Crippen molar-refractivity contribution < 1.29 is 9.59 Å². The second-order valence-electron chi connectivity index (χ2n) is 6.91. The average Bonchev–Trinajstić information content (AvgIpc) is 3.09. The van der Waals surface area contributed by atoms with Crippen LogP contribution >= 0.6 is 0 Å². The van der Waals surface area contributed by atoms with Crippen LogP contribution in [-0.2, 0) is 9.59 Å². The van der Waals surface area contributed by atoms with E-state index < -0.39 is 11.8 Å². The fourth-order valence-corrected chi connectivity index (χ4v) is 3.82. The van der Waals surface area contributed by atoms with Crippen LogP contribution in [0.4, 0.5) is 5.69 Å². The van der Waals surface area contributed by atoms with Gasteiger partial charge < -0.3 is 10.2 Å². The molecule has 6 nitrogen and oxygen atoms in total. The number of carbonyl (C=O) groups excluding carboxylic acids is 2. The quantitative estimate of drug-likeness (QED) is 0.834. The first-order chi connectivity index (χ1) is 12.0. The van der Waals surface area contributed by atoms with Crippen molar-refractivity contribution in [2.24, 2.45) is 0 Å². The molecule has 1 aromatic rings. The van der Waals surface area contributed by atoms with Gasteiger partial charge in [-0.3, -0.25) is 14.5 Å². The molecule has 2 aliphatic rings. The Morgan fingerprint density at radius 2 is 2.16 bits per heavy atom. The van der Waals surface area contributed by atoms with E-state index in [9.17, 15) is 9.59 Å². The van der Waals surface area contributed by atoms with Gasteiger partial charge in [-0.05, 0) is 50.4 Å². The lowest BCUT2D eigenvalue weighted by Crippen LogP contribution is -2.59. The number of amides is 2. The average molecular weight is 340 g/mol. The zero-order valence-corrected chi connectivity index (χ0v) is 14.8. The minimum atomic E-state index is -0.622. The first-order valence-electron chi connectivity index (χ1n) is 8.90. The zero-order chi connectivity index (χ0) is 18.0. The largest absolute Gasteiger partial charge is 0.329 e. The second-order valence-corrected chi connectivity index (χ2v) is 6.91. The molecule has 1 aromatic carbocycles. The number of nitriles is 1. The highest BCUT2D eigenvalue weighted by atomic mass is 16.2. The van der Waals surface area contributed by atoms with Crippen molar-refractivity contribution in [2.45, 2.75) is 45.2 Å². The van der Waals surface area contributed by atoms with Crippen molar-refractivity contribution in [3.8, 4) is 6.07 Å². The summed E-state index contributed by atoms with van der Waals surface area (Å²) in [7, 11) is 0. The lowest BCUT2D eigenvalue weighted by atomic mass is 10.0. The minimum absolute atomic E-state index is 0.0825. The first-order valence-corrected chi connectivity index (χ1v) is 8.90. The molecule has 0 aromatic heterocycles. The molecule has 0 bridgehead atoms. The summed E-state index contributed by atoms with van der Waals surface area (Å²) < 4.78 is 0. The molecule has 132 valence electrons. The Morgan fingerprint density at radius 1 is 1.36 bits per heavy atom. The zero-order valence-electron chi connectivity index (χ0n) is 14.8. The number of hydrogen-bond acceptors (Lipinski definition) is 4. The maximum atomic E-state index is 12.8. The van der Waals surface area contributed by atoms with Gasteiger partial charge in [-0.2, -0.15) is 5.26 Å². The van der Waals surface area contributed by atoms with Crippen molar-refractivity contribution in [3.63, 3.8) is 0 Å². The van der Waals surface area contributed by atoms with Gasteiger partial charge in [0.1, 0.15) is 0 Å². The van der Waals surface area contributed by atoms with Gasteiger partial charge in [-0.15, -0.1) is 0 Å². The smallest absolute Gasteiger partial charge is 0.313 e. The second kappa shape index (κ2) is 7.24. The molecular formula is C19H24N4O2. The summed E-state index contributed by atoms with van der Waals surface area (Å²) >= 11 is 0. The SMILES string of the molecule is CC[C@@H]1CN2CCC[C@@H]2CN1C(=O)C(=O)Nc1cc(C#N)ccc1C. The molecule has 2 saturated heterocycles. The van der Waals surface area contributed by atoms with Gasteiger partial charge >= 0.3 is 11.8 Å². The number of piperazine rings is 1. The van der Waals surface area contributed by atoms with Crippen LogP contribution in [0.25, 0.3) is 0 Å². The molecule has 1 N–H and O–H groups in total. The molecule has 6 heteroatoms. The van der Waals surface area contributed by atoms with E-state index in [4.69, 9.17) is 5.26 Å². The summed E-state index contributed by atoms with van der Waals surface area (Å²) in [5, 5.41) is 11.7. The third kappa shape index (κ3) is 3.52. The Morgan fingerprint density at radius 3 is 2.88 bits per heavy atom. The van der Waals surface area contributed by atoms with E-state index in [1.165, 1.54) is 0 Å². The lowest BCUT2D eigenvalue weighted by molar-refractivity contribution is -0.147. The molecule has 3 rings (SSSR count). The molecule has 2 atom stereocenters. The van der Waals surface area contributed by atoms with E-state index >= 15 is 0 Å². The van der Waals surface area contributed by atoms with E-state index in [1.807, 2.05) is 13.0 Å². The van der Waals surface area contributed by atoms with Gasteiger partial charge in [0, 0.05) is 30.9 Å². The molecule has 0 unspecified atom stereocenters. The van der Waals surface area contributed by atoms with Gasteiger partial charge in [0.05, 0.1) is 11.6 Å². The van der Waals surface area contributed by atoms with Crippen molar-refractivity contribution in [1.29, 1.82) is 5.26 Å². The number of fused-ring (bicyclic) bond motifs is 1. The third-order valence-electron chi connectivity index (χ3n) is 5.33. The van der Waals surface area contributed by atoms with E-state index in [0.29, 0.717) is 23.8 Å². The summed E-state index contributed by atoms with van der Waals surface area (Å²) in [4.78, 5) is 29.5. The Bertz CT molecular complexity index is 725. The normalized spacial score (nSPS) is 23.0. The lowest BCUT2D eigenvalue weighted by Gasteiger charge is -2.43. The van der Waals surface area contributed by atoms with Gasteiger partial charge in [0.25, 0.3) is 0 Å². The number of aryl methyl sites for hydroxylation is 1. The van der Waals surface area contributed by atoms with E-state index in [1.54, 1.807) is 23.1 Å². The van der Waals surface area contributed by atoms with Crippen LogP contribution in [0.15, 0.2) is 18.2 Å². The number of rotatable bonds is 2. The monoisotopic (exact) mass is 340 g/mol. The van der Waals surface area contributed by atoms with Gasteiger partial charge in [-0.25, -0.2) is 0 Å². The summed E-state index contributed by atoms with van der Waals surface area (Å²) in [6.45, 7) is 6.47. The first kappa shape index (κ1) is 17.4. The topological polar surface area (TPSA) is 76.4 Å². The highest BCUT2D eigenvalue weighted by molar-refractivity contribution is 6.39. The molecule has 2 heterocycles. The van der Waals surface area contributed by atoms with E-state index in [0.717, 1.165) is 37.9 Å². The molecule has 0 radical (unpaired) electrons. The highest BCUT2D eigenvalue weighted by Crippen LogP contribution is 2.26. The number of hydrogen-bond donors (Lipinski definition) is 1. The van der Waals surface area contributed by atoms with Crippen LogP contribution in [-0.4, -0.2) is 53.3 Å². The van der Waals surface area contributed by atoms with Crippen molar-refractivity contribution in [2.75, 3.05) is 25.0 Å². The maximum Gasteiger partial charge on any atom is 0.313 e. The number of nitrogens with zero attached hydrogens (tertiary/aromatic N) is 3. The Balaban J connectivity index is 1.73. The number of carbonyl (C=O) groups is 2. The standard InChI is InChI=1S/C19H24N4O2/c1-3-15-11-22-8-4-5-16(22)12-23(15)19(25)18(24)21-17-9-14(10-20)7-6-13(17)2/h6-7,9,15-16H,3-5,8,11-12H2,1-2H3,(H,21,24)/t15-,16-/m1/s1. The van der Waals surface area contributed by atoms with Crippen LogP contribution in [0.5, 0.6) is 0 Å². The fourth-order valence-electron chi connectivity index (χ4n) is 3.82. The number of benzene rings is 1. The predicted octanol–water partition coefficient (Wildman–Crippen LogP) is 1.89. The van der Waals surface area contributed by atoms with Crippen LogP contribution in [0.2, 0.25) is 0 Å². The third-order valence-corrected chi connectivity index (χ3v) is 5.33. The molecule has 2 amide bonds. The van der Waals surface area contributed by atoms with Gasteiger partial charge in [0.15, 0.2) is 0 Å².